The van der Waals surface area contributed by atoms with Gasteiger partial charge in [-0.25, -0.2) is 4.79 Å². The summed E-state index contributed by atoms with van der Waals surface area (Å²) in [6, 6.07) is 14.1. The Kier molecular flexibility index (Phi) is 4.47. The third kappa shape index (κ3) is 3.76. The molecule has 0 fully saturated rings. The number of hydrogen-bond donors (Lipinski definition) is 2. The monoisotopic (exact) mass is 274 g/mol. The fraction of sp³-hybridized carbons (Fsp3) is 0.133. The summed E-state index contributed by atoms with van der Waals surface area (Å²) in [5.41, 5.74) is 1.21. The Morgan fingerprint density at radius 1 is 1.11 bits per heavy atom. The van der Waals surface area contributed by atoms with Crippen LogP contribution in [-0.4, -0.2) is 21.9 Å². The Hall–Kier alpha value is -1.94. The zero-order valence-corrected chi connectivity index (χ0v) is 11.1. The molecule has 0 aromatic heterocycles. The lowest BCUT2D eigenvalue weighted by molar-refractivity contribution is 0.0696. The van der Waals surface area contributed by atoms with Gasteiger partial charge in [0.15, 0.2) is 0 Å². The summed E-state index contributed by atoms with van der Waals surface area (Å²) in [5, 5.41) is 18.5. The molecule has 0 heterocycles. The molecule has 0 spiro atoms. The molecule has 98 valence electrons. The van der Waals surface area contributed by atoms with Crippen molar-refractivity contribution in [1.82, 2.24) is 0 Å². The number of phenols is 1. The number of benzene rings is 2. The highest BCUT2D eigenvalue weighted by molar-refractivity contribution is 7.99. The van der Waals surface area contributed by atoms with E-state index in [0.29, 0.717) is 11.3 Å². The third-order valence-corrected chi connectivity index (χ3v) is 3.71. The fourth-order valence-electron chi connectivity index (χ4n) is 1.72. The van der Waals surface area contributed by atoms with Crippen molar-refractivity contribution in [2.24, 2.45) is 0 Å². The third-order valence-electron chi connectivity index (χ3n) is 2.71. The summed E-state index contributed by atoms with van der Waals surface area (Å²) < 4.78 is 0. The average molecular weight is 274 g/mol. The molecule has 0 saturated heterocycles. The lowest BCUT2D eigenvalue weighted by Crippen LogP contribution is -1.95. The number of aryl methyl sites for hydroxylation is 1. The fourth-order valence-corrected chi connectivity index (χ4v) is 2.66. The second-order valence-electron chi connectivity index (χ2n) is 4.06. The van der Waals surface area contributed by atoms with E-state index < -0.39 is 5.97 Å². The predicted octanol–water partition coefficient (Wildman–Crippen LogP) is 3.43. The summed E-state index contributed by atoms with van der Waals surface area (Å²) >= 11 is 1.58. The van der Waals surface area contributed by atoms with Crippen LogP contribution in [0.4, 0.5) is 0 Å². The Morgan fingerprint density at radius 3 is 2.63 bits per heavy atom. The molecule has 0 bridgehead atoms. The summed E-state index contributed by atoms with van der Waals surface area (Å²) in [7, 11) is 0. The Balaban J connectivity index is 1.94. The minimum Gasteiger partial charge on any atom is -0.508 e. The zero-order chi connectivity index (χ0) is 13.7. The molecule has 2 N–H and O–H groups in total. The van der Waals surface area contributed by atoms with E-state index in [1.807, 2.05) is 18.2 Å². The van der Waals surface area contributed by atoms with E-state index in [1.165, 1.54) is 0 Å². The second-order valence-corrected chi connectivity index (χ2v) is 5.23. The average Bonchev–Trinajstić information content (AvgIpc) is 2.41. The summed E-state index contributed by atoms with van der Waals surface area (Å²) in [6.07, 6.45) is 0.745. The molecule has 3 nitrogen and oxygen atoms in total. The van der Waals surface area contributed by atoms with Crippen LogP contribution in [0.25, 0.3) is 0 Å². The van der Waals surface area contributed by atoms with E-state index in [9.17, 15) is 9.90 Å². The van der Waals surface area contributed by atoms with Crippen LogP contribution in [0, 0.1) is 0 Å². The highest BCUT2D eigenvalue weighted by Crippen LogP contribution is 2.23. The van der Waals surface area contributed by atoms with Crippen molar-refractivity contribution < 1.29 is 15.0 Å². The first kappa shape index (κ1) is 13.5. The normalized spacial score (nSPS) is 10.3. The van der Waals surface area contributed by atoms with Crippen molar-refractivity contribution in [1.29, 1.82) is 0 Å². The molecule has 2 aromatic carbocycles. The largest absolute Gasteiger partial charge is 0.508 e. The van der Waals surface area contributed by atoms with Crippen molar-refractivity contribution in [2.75, 3.05) is 5.75 Å². The number of carbonyl (C=O) groups is 1. The molecule has 0 aliphatic rings. The number of carboxylic acids is 1. The zero-order valence-electron chi connectivity index (χ0n) is 10.2. The van der Waals surface area contributed by atoms with Gasteiger partial charge in [0.2, 0.25) is 0 Å². The number of rotatable bonds is 5. The minimum absolute atomic E-state index is 0.299. The van der Waals surface area contributed by atoms with Gasteiger partial charge in [0.25, 0.3) is 0 Å². The summed E-state index contributed by atoms with van der Waals surface area (Å²) in [6.45, 7) is 0. The van der Waals surface area contributed by atoms with E-state index >= 15 is 0 Å². The molecule has 19 heavy (non-hydrogen) atoms. The first-order valence-corrected chi connectivity index (χ1v) is 6.88. The number of aromatic hydroxyl groups is 1. The van der Waals surface area contributed by atoms with Crippen LogP contribution in [0.1, 0.15) is 15.9 Å². The van der Waals surface area contributed by atoms with Crippen molar-refractivity contribution in [3.05, 3.63) is 59.7 Å². The van der Waals surface area contributed by atoms with E-state index in [1.54, 1.807) is 42.1 Å². The van der Waals surface area contributed by atoms with Crippen LogP contribution in [0.2, 0.25) is 0 Å². The van der Waals surface area contributed by atoms with Gasteiger partial charge in [0.1, 0.15) is 5.75 Å². The molecule has 0 aliphatic heterocycles. The molecule has 0 radical (unpaired) electrons. The lowest BCUT2D eigenvalue weighted by Gasteiger charge is -2.05. The first-order chi connectivity index (χ1) is 9.16. The maximum absolute atomic E-state index is 10.9. The SMILES string of the molecule is O=C(O)c1cccc(SCCc2ccccc2O)c1. The van der Waals surface area contributed by atoms with Gasteiger partial charge in [-0.3, -0.25) is 0 Å². The maximum atomic E-state index is 10.9. The highest BCUT2D eigenvalue weighted by Gasteiger charge is 2.04. The van der Waals surface area contributed by atoms with Gasteiger partial charge in [-0.2, -0.15) is 0 Å². The van der Waals surface area contributed by atoms with Gasteiger partial charge < -0.3 is 10.2 Å². The van der Waals surface area contributed by atoms with Crippen molar-refractivity contribution in [2.45, 2.75) is 11.3 Å². The van der Waals surface area contributed by atoms with Crippen LogP contribution in [0.5, 0.6) is 5.75 Å². The lowest BCUT2D eigenvalue weighted by atomic mass is 10.1. The van der Waals surface area contributed by atoms with E-state index in [2.05, 4.69) is 0 Å². The van der Waals surface area contributed by atoms with Gasteiger partial charge in [0, 0.05) is 10.6 Å². The number of carboxylic acid groups (broad SMARTS) is 1. The van der Waals surface area contributed by atoms with Crippen LogP contribution in [0.15, 0.2) is 53.4 Å². The summed E-state index contributed by atoms with van der Waals surface area (Å²) in [4.78, 5) is 11.8. The second kappa shape index (κ2) is 6.29. The van der Waals surface area contributed by atoms with Gasteiger partial charge >= 0.3 is 5.97 Å². The highest BCUT2D eigenvalue weighted by atomic mass is 32.2. The van der Waals surface area contributed by atoms with Crippen molar-refractivity contribution >= 4 is 17.7 Å². The Morgan fingerprint density at radius 2 is 1.89 bits per heavy atom. The molecule has 2 rings (SSSR count). The van der Waals surface area contributed by atoms with Crippen LogP contribution < -0.4 is 0 Å². The number of thioether (sulfide) groups is 1. The number of hydrogen-bond acceptors (Lipinski definition) is 3. The van der Waals surface area contributed by atoms with Gasteiger partial charge in [0.05, 0.1) is 5.56 Å². The van der Waals surface area contributed by atoms with Crippen LogP contribution >= 0.6 is 11.8 Å². The molecule has 0 aliphatic carbocycles. The quantitative estimate of drug-likeness (QED) is 0.820. The standard InChI is InChI=1S/C15H14O3S/c16-14-7-2-1-4-11(14)8-9-19-13-6-3-5-12(10-13)15(17)18/h1-7,10,16H,8-9H2,(H,17,18). The number of para-hydroxylation sites is 1. The molecule has 0 unspecified atom stereocenters. The minimum atomic E-state index is -0.914. The van der Waals surface area contributed by atoms with Gasteiger partial charge in [-0.15, -0.1) is 11.8 Å². The molecular formula is C15H14O3S. The van der Waals surface area contributed by atoms with Crippen molar-refractivity contribution in [3.8, 4) is 5.75 Å². The molecule has 4 heteroatoms. The molecule has 2 aromatic rings. The van der Waals surface area contributed by atoms with Crippen LogP contribution in [-0.2, 0) is 6.42 Å². The molecule has 0 atom stereocenters. The smallest absolute Gasteiger partial charge is 0.335 e. The molecular weight excluding hydrogens is 260 g/mol. The molecule has 0 saturated carbocycles. The summed E-state index contributed by atoms with van der Waals surface area (Å²) in [5.74, 6) is 0.186. The van der Waals surface area contributed by atoms with E-state index in [-0.39, 0.29) is 0 Å². The number of aromatic carboxylic acids is 1. The number of phenolic OH excluding ortho intramolecular Hbond substituents is 1. The van der Waals surface area contributed by atoms with Crippen molar-refractivity contribution in [3.63, 3.8) is 0 Å². The first-order valence-electron chi connectivity index (χ1n) is 5.90. The van der Waals surface area contributed by atoms with E-state index in [4.69, 9.17) is 5.11 Å². The van der Waals surface area contributed by atoms with Gasteiger partial charge in [-0.05, 0) is 36.2 Å². The Bertz CT molecular complexity index is 581. The molecule has 0 amide bonds. The van der Waals surface area contributed by atoms with Gasteiger partial charge in [-0.1, -0.05) is 24.3 Å². The Labute approximate surface area is 115 Å². The van der Waals surface area contributed by atoms with Crippen LogP contribution in [0.3, 0.4) is 0 Å². The maximum Gasteiger partial charge on any atom is 0.335 e. The van der Waals surface area contributed by atoms with E-state index in [0.717, 1.165) is 22.6 Å². The topological polar surface area (TPSA) is 57.5 Å². The predicted molar refractivity (Wildman–Crippen MR) is 75.9 cm³/mol.